The summed E-state index contributed by atoms with van der Waals surface area (Å²) in [4.78, 5) is 24.0. The van der Waals surface area contributed by atoms with Crippen LogP contribution in [-0.4, -0.2) is 43.0 Å². The average Bonchev–Trinajstić information content (AvgIpc) is 2.45. The Bertz CT molecular complexity index is 456. The van der Waals surface area contributed by atoms with Crippen LogP contribution in [0.3, 0.4) is 0 Å². The number of anilines is 1. The number of carbonyl (C=O) groups is 2. The van der Waals surface area contributed by atoms with Crippen LogP contribution in [0.2, 0.25) is 0 Å². The second kappa shape index (κ2) is 6.33. The summed E-state index contributed by atoms with van der Waals surface area (Å²) in [7, 11) is 0. The van der Waals surface area contributed by atoms with Gasteiger partial charge in [-0.3, -0.25) is 9.59 Å². The van der Waals surface area contributed by atoms with Crippen LogP contribution < -0.4 is 10.2 Å². The first-order valence-corrected chi connectivity index (χ1v) is 6.45. The average molecular weight is 262 g/mol. The lowest BCUT2D eigenvalue weighted by Gasteiger charge is -2.35. The van der Waals surface area contributed by atoms with Crippen LogP contribution in [0.1, 0.15) is 23.2 Å². The van der Waals surface area contributed by atoms with E-state index in [-0.39, 0.29) is 12.6 Å². The smallest absolute Gasteiger partial charge is 0.323 e. The molecule has 19 heavy (non-hydrogen) atoms. The Balaban J connectivity index is 2.30. The van der Waals surface area contributed by atoms with Crippen LogP contribution in [0.15, 0.2) is 24.3 Å². The van der Waals surface area contributed by atoms with E-state index in [2.05, 4.69) is 5.32 Å². The molecular weight excluding hydrogens is 244 g/mol. The summed E-state index contributed by atoms with van der Waals surface area (Å²) in [5.41, 5.74) is 1.26. The van der Waals surface area contributed by atoms with Gasteiger partial charge in [-0.25, -0.2) is 0 Å². The van der Waals surface area contributed by atoms with Crippen LogP contribution in [0, 0.1) is 0 Å². The van der Waals surface area contributed by atoms with Crippen molar-refractivity contribution >= 4 is 17.9 Å². The molecule has 102 valence electrons. The number of nitrogens with zero attached hydrogens (tertiary/aromatic N) is 1. The highest BCUT2D eigenvalue weighted by molar-refractivity contribution is 5.86. The molecule has 0 unspecified atom stereocenters. The van der Waals surface area contributed by atoms with Crippen molar-refractivity contribution < 1.29 is 14.7 Å². The number of carboxylic acids is 1. The summed E-state index contributed by atoms with van der Waals surface area (Å²) in [5.74, 6) is -0.876. The second-order valence-corrected chi connectivity index (χ2v) is 4.68. The second-order valence-electron chi connectivity index (χ2n) is 4.68. The quantitative estimate of drug-likeness (QED) is 0.779. The molecule has 0 aromatic heterocycles. The largest absolute Gasteiger partial charge is 0.480 e. The summed E-state index contributed by atoms with van der Waals surface area (Å²) >= 11 is 0. The van der Waals surface area contributed by atoms with Gasteiger partial charge in [0.1, 0.15) is 6.54 Å². The molecule has 0 amide bonds. The van der Waals surface area contributed by atoms with Crippen LogP contribution >= 0.6 is 0 Å². The van der Waals surface area contributed by atoms with Gasteiger partial charge < -0.3 is 15.3 Å². The molecule has 0 radical (unpaired) electrons. The third-order valence-corrected chi connectivity index (χ3v) is 3.43. The van der Waals surface area contributed by atoms with Gasteiger partial charge in [0, 0.05) is 17.3 Å². The van der Waals surface area contributed by atoms with E-state index in [0.29, 0.717) is 11.3 Å². The number of carbonyl (C=O) groups excluding carboxylic acids is 1. The van der Waals surface area contributed by atoms with Crippen LogP contribution in [0.4, 0.5) is 5.69 Å². The highest BCUT2D eigenvalue weighted by Gasteiger charge is 2.24. The lowest BCUT2D eigenvalue weighted by molar-refractivity contribution is -0.135. The Hall–Kier alpha value is -1.88. The molecule has 0 spiro atoms. The van der Waals surface area contributed by atoms with Gasteiger partial charge in [0.15, 0.2) is 6.29 Å². The highest BCUT2D eigenvalue weighted by atomic mass is 16.4. The molecule has 2 N–H and O–H groups in total. The lowest BCUT2D eigenvalue weighted by atomic mass is 10.0. The molecule has 1 aliphatic rings. The number of piperidine rings is 1. The van der Waals surface area contributed by atoms with Crippen molar-refractivity contribution in [1.82, 2.24) is 5.32 Å². The number of aliphatic carboxylic acids is 1. The molecule has 0 aliphatic carbocycles. The van der Waals surface area contributed by atoms with Crippen molar-refractivity contribution in [3.63, 3.8) is 0 Å². The summed E-state index contributed by atoms with van der Waals surface area (Å²) in [6.07, 6.45) is 2.56. The SMILES string of the molecule is O=Cc1ccccc1N(CC(=O)O)C1CCNCC1. The minimum Gasteiger partial charge on any atom is -0.480 e. The topological polar surface area (TPSA) is 69.6 Å². The van der Waals surface area contributed by atoms with E-state index in [4.69, 9.17) is 5.11 Å². The maximum absolute atomic E-state index is 11.1. The van der Waals surface area contributed by atoms with Crippen molar-refractivity contribution in [3.8, 4) is 0 Å². The van der Waals surface area contributed by atoms with E-state index in [1.54, 1.807) is 12.1 Å². The summed E-state index contributed by atoms with van der Waals surface area (Å²) in [5, 5.41) is 12.4. The molecule has 5 nitrogen and oxygen atoms in total. The van der Waals surface area contributed by atoms with Gasteiger partial charge in [0.25, 0.3) is 0 Å². The molecule has 1 aliphatic heterocycles. The maximum Gasteiger partial charge on any atom is 0.323 e. The van der Waals surface area contributed by atoms with Crippen molar-refractivity contribution in [1.29, 1.82) is 0 Å². The molecule has 1 aromatic rings. The molecule has 1 fully saturated rings. The zero-order chi connectivity index (χ0) is 13.7. The first kappa shape index (κ1) is 13.5. The maximum atomic E-state index is 11.1. The third-order valence-electron chi connectivity index (χ3n) is 3.43. The van der Waals surface area contributed by atoms with Crippen molar-refractivity contribution in [3.05, 3.63) is 29.8 Å². The number of nitrogens with one attached hydrogen (secondary N) is 1. The predicted molar refractivity (Wildman–Crippen MR) is 72.7 cm³/mol. The molecule has 5 heteroatoms. The van der Waals surface area contributed by atoms with E-state index in [9.17, 15) is 9.59 Å². The van der Waals surface area contributed by atoms with Crippen LogP contribution in [0.5, 0.6) is 0 Å². The zero-order valence-corrected chi connectivity index (χ0v) is 10.7. The van der Waals surface area contributed by atoms with Gasteiger partial charge in [0.05, 0.1) is 0 Å². The van der Waals surface area contributed by atoms with E-state index < -0.39 is 5.97 Å². The fourth-order valence-corrected chi connectivity index (χ4v) is 2.52. The zero-order valence-electron chi connectivity index (χ0n) is 10.7. The molecule has 1 aromatic carbocycles. The minimum atomic E-state index is -0.876. The molecule has 0 saturated carbocycles. The van der Waals surface area contributed by atoms with Gasteiger partial charge in [-0.05, 0) is 38.1 Å². The number of hydrogen-bond donors (Lipinski definition) is 2. The monoisotopic (exact) mass is 262 g/mol. The van der Waals surface area contributed by atoms with E-state index in [0.717, 1.165) is 32.2 Å². The molecule has 1 saturated heterocycles. The molecule has 0 atom stereocenters. The van der Waals surface area contributed by atoms with Gasteiger partial charge >= 0.3 is 5.97 Å². The normalized spacial score (nSPS) is 16.0. The third kappa shape index (κ3) is 3.32. The molecule has 0 bridgehead atoms. The van der Waals surface area contributed by atoms with E-state index in [1.165, 1.54) is 0 Å². The summed E-state index contributed by atoms with van der Waals surface area (Å²) < 4.78 is 0. The predicted octanol–water partition coefficient (Wildman–Crippen LogP) is 1.14. The Morgan fingerprint density at radius 1 is 1.37 bits per heavy atom. The summed E-state index contributed by atoms with van der Waals surface area (Å²) in [6.45, 7) is 1.68. The fourth-order valence-electron chi connectivity index (χ4n) is 2.52. The van der Waals surface area contributed by atoms with Crippen molar-refractivity contribution in [2.24, 2.45) is 0 Å². The van der Waals surface area contributed by atoms with E-state index in [1.807, 2.05) is 17.0 Å². The summed E-state index contributed by atoms with van der Waals surface area (Å²) in [6, 6.07) is 7.32. The standard InChI is InChI=1S/C14H18N2O3/c17-10-11-3-1-2-4-13(11)16(9-14(18)19)12-5-7-15-8-6-12/h1-4,10,12,15H,5-9H2,(H,18,19). The van der Waals surface area contributed by atoms with Gasteiger partial charge in [-0.2, -0.15) is 0 Å². The van der Waals surface area contributed by atoms with E-state index >= 15 is 0 Å². The van der Waals surface area contributed by atoms with Gasteiger partial charge in [0.2, 0.25) is 0 Å². The minimum absolute atomic E-state index is 0.0739. The first-order chi connectivity index (χ1) is 9.22. The molecule has 1 heterocycles. The highest BCUT2D eigenvalue weighted by Crippen LogP contribution is 2.24. The van der Waals surface area contributed by atoms with Crippen molar-refractivity contribution in [2.75, 3.05) is 24.5 Å². The number of aldehydes is 1. The number of hydrogen-bond acceptors (Lipinski definition) is 4. The first-order valence-electron chi connectivity index (χ1n) is 6.45. The van der Waals surface area contributed by atoms with Crippen molar-refractivity contribution in [2.45, 2.75) is 18.9 Å². The number of benzene rings is 1. The number of carboxylic acid groups (broad SMARTS) is 1. The van der Waals surface area contributed by atoms with Crippen LogP contribution in [0.25, 0.3) is 0 Å². The number of para-hydroxylation sites is 1. The lowest BCUT2D eigenvalue weighted by Crippen LogP contribution is -2.45. The Morgan fingerprint density at radius 3 is 2.68 bits per heavy atom. The van der Waals surface area contributed by atoms with Gasteiger partial charge in [-0.1, -0.05) is 12.1 Å². The molecular formula is C14H18N2O3. The Kier molecular flexibility index (Phi) is 4.52. The Morgan fingerprint density at radius 2 is 2.05 bits per heavy atom. The fraction of sp³-hybridized carbons (Fsp3) is 0.429. The van der Waals surface area contributed by atoms with Gasteiger partial charge in [-0.15, -0.1) is 0 Å². The molecule has 2 rings (SSSR count). The Labute approximate surface area is 112 Å². The number of rotatable bonds is 5. The van der Waals surface area contributed by atoms with Crippen LogP contribution in [-0.2, 0) is 4.79 Å².